The number of aromatic nitrogens is 2. The van der Waals surface area contributed by atoms with Crippen LogP contribution < -0.4 is 5.56 Å². The van der Waals surface area contributed by atoms with E-state index in [1.165, 1.54) is 6.92 Å². The van der Waals surface area contributed by atoms with Gasteiger partial charge < -0.3 is 14.0 Å². The summed E-state index contributed by atoms with van der Waals surface area (Å²) in [5, 5.41) is 0.948. The Morgan fingerprint density at radius 2 is 1.97 bits per heavy atom. The van der Waals surface area contributed by atoms with Crippen LogP contribution in [0.25, 0.3) is 22.3 Å². The number of pyridine rings is 2. The molecule has 0 amide bonds. The summed E-state index contributed by atoms with van der Waals surface area (Å²) in [5.74, 6) is 2.13. The van der Waals surface area contributed by atoms with Gasteiger partial charge in [-0.1, -0.05) is 50.7 Å². The first-order chi connectivity index (χ1) is 16.6. The van der Waals surface area contributed by atoms with Crippen molar-refractivity contribution < 1.29 is 19.1 Å². The van der Waals surface area contributed by atoms with Gasteiger partial charge in [-0.25, -0.2) is 9.78 Å². The number of esters is 2. The van der Waals surface area contributed by atoms with Crippen molar-refractivity contribution in [2.75, 3.05) is 0 Å². The normalized spacial score (nSPS) is 18.1. The molecular weight excluding hydrogens is 460 g/mol. The van der Waals surface area contributed by atoms with Gasteiger partial charge in [-0.3, -0.25) is 9.59 Å². The van der Waals surface area contributed by atoms with Crippen LogP contribution >= 0.6 is 0 Å². The van der Waals surface area contributed by atoms with Crippen molar-refractivity contribution in [2.45, 2.75) is 58.7 Å². The van der Waals surface area contributed by atoms with E-state index in [0.717, 1.165) is 22.0 Å². The van der Waals surface area contributed by atoms with Crippen molar-refractivity contribution >= 4 is 30.9 Å². The molecule has 0 saturated heterocycles. The SMILES string of the molecule is CC[C@@]1(OC(C)=O)C(=O)OCc2c1cc1n(c2=O)Cc2c-1nc1ccccc1c2C#C[Si](C)(C)C. The van der Waals surface area contributed by atoms with Gasteiger partial charge in [0.15, 0.2) is 0 Å². The van der Waals surface area contributed by atoms with Crippen molar-refractivity contribution in [1.29, 1.82) is 0 Å². The van der Waals surface area contributed by atoms with E-state index in [1.807, 2.05) is 24.3 Å². The van der Waals surface area contributed by atoms with Gasteiger partial charge in [0.1, 0.15) is 14.7 Å². The van der Waals surface area contributed by atoms with Crippen LogP contribution in [0.4, 0.5) is 0 Å². The van der Waals surface area contributed by atoms with E-state index in [9.17, 15) is 14.4 Å². The lowest BCUT2D eigenvalue weighted by atomic mass is 9.85. The summed E-state index contributed by atoms with van der Waals surface area (Å²) < 4.78 is 12.5. The van der Waals surface area contributed by atoms with Gasteiger partial charge in [0.05, 0.1) is 29.0 Å². The number of hydrogen-bond acceptors (Lipinski definition) is 6. The number of carbonyl (C=O) groups is 2. The molecule has 1 atom stereocenters. The van der Waals surface area contributed by atoms with E-state index in [-0.39, 0.29) is 18.6 Å². The number of para-hydroxylation sites is 1. The van der Waals surface area contributed by atoms with Crippen LogP contribution in [0.3, 0.4) is 0 Å². The molecule has 2 aliphatic heterocycles. The van der Waals surface area contributed by atoms with Crippen LogP contribution in [0, 0.1) is 11.5 Å². The average Bonchev–Trinajstić information content (AvgIpc) is 3.16. The minimum Gasteiger partial charge on any atom is -0.457 e. The number of carbonyl (C=O) groups excluding carboxylic acids is 2. The highest BCUT2D eigenvalue weighted by atomic mass is 28.3. The summed E-state index contributed by atoms with van der Waals surface area (Å²) in [6, 6.07) is 9.59. The summed E-state index contributed by atoms with van der Waals surface area (Å²) in [6.45, 7) is 9.70. The van der Waals surface area contributed by atoms with Crippen LogP contribution in [0.5, 0.6) is 0 Å². The van der Waals surface area contributed by atoms with Gasteiger partial charge in [-0.05, 0) is 18.6 Å². The first-order valence-electron chi connectivity index (χ1n) is 11.6. The standard InChI is InChI=1S/C27H26N2O5Si/c1-6-27(34-16(2)30)21-13-23-24-19(14-29(23)25(31)20(21)15-33-26(27)32)17(11-12-35(3,4)5)18-9-7-8-10-22(18)28-24/h7-10,13H,6,14-15H2,1-5H3/t27-/m0/s1. The van der Waals surface area contributed by atoms with Crippen LogP contribution in [-0.2, 0) is 37.8 Å². The minimum absolute atomic E-state index is 0.145. The Labute approximate surface area is 204 Å². The third-order valence-corrected chi connectivity index (χ3v) is 7.32. The zero-order valence-electron chi connectivity index (χ0n) is 20.4. The topological polar surface area (TPSA) is 87.5 Å². The fourth-order valence-corrected chi connectivity index (χ4v) is 5.32. The number of benzene rings is 1. The quantitative estimate of drug-likeness (QED) is 0.243. The molecule has 0 radical (unpaired) electrons. The van der Waals surface area contributed by atoms with Crippen molar-refractivity contribution in [1.82, 2.24) is 9.55 Å². The highest BCUT2D eigenvalue weighted by molar-refractivity contribution is 6.83. The molecule has 0 N–H and O–H groups in total. The number of ether oxygens (including phenoxy) is 2. The van der Waals surface area contributed by atoms with Gasteiger partial charge in [-0.2, -0.15) is 0 Å². The highest BCUT2D eigenvalue weighted by Gasteiger charge is 2.50. The molecule has 3 aromatic rings. The average molecular weight is 487 g/mol. The van der Waals surface area contributed by atoms with Crippen molar-refractivity contribution in [3.63, 3.8) is 0 Å². The summed E-state index contributed by atoms with van der Waals surface area (Å²) in [6.07, 6.45) is 0.145. The molecule has 0 fully saturated rings. The van der Waals surface area contributed by atoms with Crippen LogP contribution in [0.1, 0.15) is 42.5 Å². The van der Waals surface area contributed by atoms with Crippen molar-refractivity contribution in [2.24, 2.45) is 0 Å². The molecule has 0 aliphatic carbocycles. The maximum atomic E-state index is 13.7. The first-order valence-corrected chi connectivity index (χ1v) is 15.1. The fourth-order valence-electron chi connectivity index (χ4n) is 4.82. The maximum absolute atomic E-state index is 13.7. The number of nitrogens with zero attached hydrogens (tertiary/aromatic N) is 2. The van der Waals surface area contributed by atoms with E-state index < -0.39 is 25.6 Å². The molecule has 7 nitrogen and oxygen atoms in total. The molecule has 2 aromatic heterocycles. The molecule has 178 valence electrons. The number of cyclic esters (lactones) is 1. The Hall–Kier alpha value is -3.70. The molecule has 35 heavy (non-hydrogen) atoms. The Morgan fingerprint density at radius 3 is 2.66 bits per heavy atom. The zero-order valence-corrected chi connectivity index (χ0v) is 21.4. The lowest BCUT2D eigenvalue weighted by Gasteiger charge is -2.35. The summed E-state index contributed by atoms with van der Waals surface area (Å²) in [5.41, 5.74) is 6.02. The predicted octanol–water partition coefficient (Wildman–Crippen LogP) is 3.88. The van der Waals surface area contributed by atoms with E-state index in [2.05, 4.69) is 31.1 Å². The summed E-state index contributed by atoms with van der Waals surface area (Å²) >= 11 is 0. The van der Waals surface area contributed by atoms with Crippen molar-refractivity contribution in [3.8, 4) is 22.9 Å². The van der Waals surface area contributed by atoms with E-state index in [0.29, 0.717) is 29.1 Å². The minimum atomic E-state index is -1.67. The smallest absolute Gasteiger partial charge is 0.355 e. The number of rotatable bonds is 2. The zero-order chi connectivity index (χ0) is 25.1. The second kappa shape index (κ2) is 7.92. The van der Waals surface area contributed by atoms with E-state index in [4.69, 9.17) is 14.5 Å². The molecule has 0 unspecified atom stereocenters. The van der Waals surface area contributed by atoms with Crippen LogP contribution in [0.2, 0.25) is 19.6 Å². The Kier molecular flexibility index (Phi) is 5.22. The number of hydrogen-bond donors (Lipinski definition) is 0. The Morgan fingerprint density at radius 1 is 1.23 bits per heavy atom. The van der Waals surface area contributed by atoms with Crippen LogP contribution in [0.15, 0.2) is 35.1 Å². The van der Waals surface area contributed by atoms with Gasteiger partial charge in [0.25, 0.3) is 5.56 Å². The summed E-state index contributed by atoms with van der Waals surface area (Å²) in [4.78, 5) is 43.4. The second-order valence-electron chi connectivity index (χ2n) is 9.99. The lowest BCUT2D eigenvalue weighted by molar-refractivity contribution is -0.188. The monoisotopic (exact) mass is 486 g/mol. The molecule has 2 aliphatic rings. The number of fused-ring (bicyclic) bond motifs is 5. The molecule has 0 bridgehead atoms. The van der Waals surface area contributed by atoms with Gasteiger partial charge in [0, 0.05) is 29.0 Å². The molecular formula is C27H26N2O5Si. The van der Waals surface area contributed by atoms with Gasteiger partial charge in [-0.15, -0.1) is 5.54 Å². The van der Waals surface area contributed by atoms with Gasteiger partial charge in [0.2, 0.25) is 5.60 Å². The largest absolute Gasteiger partial charge is 0.457 e. The molecule has 5 rings (SSSR count). The van der Waals surface area contributed by atoms with Crippen LogP contribution in [-0.4, -0.2) is 29.6 Å². The third kappa shape index (κ3) is 3.58. The lowest BCUT2D eigenvalue weighted by Crippen LogP contribution is -2.47. The Bertz CT molecular complexity index is 1550. The maximum Gasteiger partial charge on any atom is 0.355 e. The molecule has 1 aromatic carbocycles. The predicted molar refractivity (Wildman–Crippen MR) is 134 cm³/mol. The first kappa shape index (κ1) is 23.1. The van der Waals surface area contributed by atoms with E-state index >= 15 is 0 Å². The van der Waals surface area contributed by atoms with Crippen molar-refractivity contribution in [3.05, 3.63) is 62.9 Å². The molecule has 0 saturated carbocycles. The fraction of sp³-hybridized carbons (Fsp3) is 0.333. The van der Waals surface area contributed by atoms with Gasteiger partial charge >= 0.3 is 11.9 Å². The third-order valence-electron chi connectivity index (χ3n) is 6.44. The molecule has 8 heteroatoms. The highest BCUT2D eigenvalue weighted by Crippen LogP contribution is 2.41. The molecule has 0 spiro atoms. The van der Waals surface area contributed by atoms with E-state index in [1.54, 1.807) is 17.6 Å². The molecule has 4 heterocycles. The summed E-state index contributed by atoms with van der Waals surface area (Å²) in [7, 11) is -1.67. The Balaban J connectivity index is 1.82. The second-order valence-corrected chi connectivity index (χ2v) is 14.7.